The Balaban J connectivity index is 1.59. The van der Waals surface area contributed by atoms with Crippen molar-refractivity contribution in [2.24, 2.45) is 4.76 Å². The summed E-state index contributed by atoms with van der Waals surface area (Å²) in [5, 5.41) is 0. The molecule has 21 heavy (non-hydrogen) atoms. The van der Waals surface area contributed by atoms with Gasteiger partial charge in [0.15, 0.2) is 0 Å². The standard InChI is InChI=1S/C14H19N2O3PS/c1-12(9-13-5-3-2-4-6-13)16-10-14(17-11-16)15-20(21)18-7-8-19-20/h2-6,12H,7-11H2,1H3. The predicted octanol–water partition coefficient (Wildman–Crippen LogP) is 2.58. The van der Waals surface area contributed by atoms with Gasteiger partial charge in [-0.05, 0) is 30.7 Å². The third-order valence-electron chi connectivity index (χ3n) is 3.56. The fraction of sp³-hybridized carbons (Fsp3) is 0.500. The lowest BCUT2D eigenvalue weighted by atomic mass is 10.1. The van der Waals surface area contributed by atoms with Crippen molar-refractivity contribution in [3.8, 4) is 0 Å². The Morgan fingerprint density at radius 2 is 2.00 bits per heavy atom. The third-order valence-corrected chi connectivity index (χ3v) is 5.92. The molecule has 0 saturated carbocycles. The fourth-order valence-corrected chi connectivity index (χ4v) is 4.30. The molecule has 0 amide bonds. The molecule has 1 aromatic carbocycles. The minimum atomic E-state index is -2.47. The van der Waals surface area contributed by atoms with Gasteiger partial charge in [0.25, 0.3) is 0 Å². The second-order valence-electron chi connectivity index (χ2n) is 5.19. The third kappa shape index (κ3) is 3.90. The van der Waals surface area contributed by atoms with Crippen molar-refractivity contribution in [2.75, 3.05) is 26.5 Å². The molecule has 0 bridgehead atoms. The summed E-state index contributed by atoms with van der Waals surface area (Å²) >= 11 is 5.29. The Labute approximate surface area is 130 Å². The molecule has 0 aromatic heterocycles. The highest BCUT2D eigenvalue weighted by Crippen LogP contribution is 2.54. The molecular formula is C14H19N2O3PS. The minimum absolute atomic E-state index is 0.380. The molecule has 2 heterocycles. The molecule has 1 atom stereocenters. The van der Waals surface area contributed by atoms with Crippen LogP contribution in [-0.2, 0) is 32.0 Å². The van der Waals surface area contributed by atoms with Crippen LogP contribution in [0.3, 0.4) is 0 Å². The lowest BCUT2D eigenvalue weighted by Crippen LogP contribution is -2.32. The van der Waals surface area contributed by atoms with Gasteiger partial charge in [-0.15, -0.1) is 0 Å². The summed E-state index contributed by atoms with van der Waals surface area (Å²) < 4.78 is 20.8. The van der Waals surface area contributed by atoms with Gasteiger partial charge in [0.2, 0.25) is 5.90 Å². The van der Waals surface area contributed by atoms with E-state index in [0.717, 1.165) is 6.42 Å². The van der Waals surface area contributed by atoms with Crippen molar-refractivity contribution in [2.45, 2.75) is 19.4 Å². The maximum absolute atomic E-state index is 5.63. The normalized spacial score (nSPS) is 25.1. The van der Waals surface area contributed by atoms with Crippen molar-refractivity contribution in [3.05, 3.63) is 35.9 Å². The first-order valence-electron chi connectivity index (χ1n) is 7.04. The molecule has 0 spiro atoms. The minimum Gasteiger partial charge on any atom is -0.464 e. The first-order valence-corrected chi connectivity index (χ1v) is 9.63. The molecule has 2 aliphatic rings. The van der Waals surface area contributed by atoms with Gasteiger partial charge in [0, 0.05) is 6.04 Å². The maximum atomic E-state index is 5.63. The Hall–Kier alpha value is -0.780. The van der Waals surface area contributed by atoms with E-state index in [2.05, 4.69) is 40.9 Å². The van der Waals surface area contributed by atoms with Crippen LogP contribution in [0.25, 0.3) is 0 Å². The molecule has 2 fully saturated rings. The quantitative estimate of drug-likeness (QED) is 0.796. The molecular weight excluding hydrogens is 307 g/mol. The SMILES string of the molecule is CC(Cc1ccccc1)N1COC(=NP2(=S)OCCO2)C1. The van der Waals surface area contributed by atoms with Gasteiger partial charge in [-0.1, -0.05) is 30.3 Å². The van der Waals surface area contributed by atoms with Crippen LogP contribution in [0.1, 0.15) is 12.5 Å². The molecule has 5 nitrogen and oxygen atoms in total. The maximum Gasteiger partial charge on any atom is 0.312 e. The van der Waals surface area contributed by atoms with Gasteiger partial charge in [-0.25, -0.2) is 0 Å². The van der Waals surface area contributed by atoms with Gasteiger partial charge < -0.3 is 13.8 Å². The molecule has 2 aliphatic heterocycles. The van der Waals surface area contributed by atoms with E-state index in [1.807, 2.05) is 6.07 Å². The molecule has 2 saturated heterocycles. The molecule has 1 unspecified atom stereocenters. The average Bonchev–Trinajstić information content (AvgIpc) is 3.10. The molecule has 7 heteroatoms. The lowest BCUT2D eigenvalue weighted by Gasteiger charge is -2.21. The molecule has 0 N–H and O–H groups in total. The Kier molecular flexibility index (Phi) is 4.72. The Morgan fingerprint density at radius 1 is 1.29 bits per heavy atom. The number of rotatable bonds is 4. The van der Waals surface area contributed by atoms with Gasteiger partial charge in [-0.3, -0.25) is 4.90 Å². The zero-order chi connectivity index (χ0) is 14.7. The molecule has 3 rings (SSSR count). The average molecular weight is 326 g/mol. The van der Waals surface area contributed by atoms with E-state index in [1.165, 1.54) is 5.56 Å². The van der Waals surface area contributed by atoms with E-state index in [-0.39, 0.29) is 0 Å². The first-order chi connectivity index (χ1) is 10.1. The molecule has 1 aromatic rings. The van der Waals surface area contributed by atoms with Crippen LogP contribution < -0.4 is 0 Å². The number of ether oxygens (including phenoxy) is 1. The summed E-state index contributed by atoms with van der Waals surface area (Å²) in [5.41, 5.74) is 1.32. The van der Waals surface area contributed by atoms with E-state index >= 15 is 0 Å². The van der Waals surface area contributed by atoms with Crippen molar-refractivity contribution >= 4 is 24.3 Å². The first kappa shape index (κ1) is 15.1. The summed E-state index contributed by atoms with van der Waals surface area (Å²) in [6.45, 7) is 1.99. The smallest absolute Gasteiger partial charge is 0.312 e. The van der Waals surface area contributed by atoms with E-state index in [0.29, 0.717) is 38.4 Å². The molecule has 114 valence electrons. The number of benzene rings is 1. The van der Waals surface area contributed by atoms with Crippen LogP contribution in [-0.4, -0.2) is 43.3 Å². The van der Waals surface area contributed by atoms with Gasteiger partial charge in [0.05, 0.1) is 19.8 Å². The fourth-order valence-electron chi connectivity index (χ4n) is 2.39. The Bertz CT molecular complexity index is 557. The highest BCUT2D eigenvalue weighted by Gasteiger charge is 2.30. The van der Waals surface area contributed by atoms with Gasteiger partial charge >= 0.3 is 6.64 Å². The van der Waals surface area contributed by atoms with E-state index in [9.17, 15) is 0 Å². The number of hydrogen-bond donors (Lipinski definition) is 0. The topological polar surface area (TPSA) is 43.3 Å². The van der Waals surface area contributed by atoms with Crippen molar-refractivity contribution in [1.29, 1.82) is 0 Å². The summed E-state index contributed by atoms with van der Waals surface area (Å²) in [4.78, 5) is 2.24. The van der Waals surface area contributed by atoms with Crippen molar-refractivity contribution in [1.82, 2.24) is 4.90 Å². The van der Waals surface area contributed by atoms with Crippen LogP contribution in [0.4, 0.5) is 0 Å². The summed E-state index contributed by atoms with van der Waals surface area (Å²) in [7, 11) is 0. The van der Waals surface area contributed by atoms with Gasteiger partial charge in [-0.2, -0.15) is 4.76 Å². The highest BCUT2D eigenvalue weighted by molar-refractivity contribution is 8.09. The second kappa shape index (κ2) is 6.55. The zero-order valence-corrected chi connectivity index (χ0v) is 13.7. The van der Waals surface area contributed by atoms with Crippen LogP contribution >= 0.6 is 6.64 Å². The second-order valence-corrected chi connectivity index (χ2v) is 8.23. The lowest BCUT2D eigenvalue weighted by molar-refractivity contribution is 0.153. The van der Waals surface area contributed by atoms with Crippen molar-refractivity contribution in [3.63, 3.8) is 0 Å². The summed E-state index contributed by atoms with van der Waals surface area (Å²) in [6.07, 6.45) is 0.985. The van der Waals surface area contributed by atoms with Crippen LogP contribution in [0, 0.1) is 0 Å². The van der Waals surface area contributed by atoms with Crippen LogP contribution in [0.5, 0.6) is 0 Å². The zero-order valence-electron chi connectivity index (χ0n) is 12.0. The monoisotopic (exact) mass is 326 g/mol. The van der Waals surface area contributed by atoms with E-state index < -0.39 is 6.64 Å². The summed E-state index contributed by atoms with van der Waals surface area (Å²) in [6, 6.07) is 10.8. The predicted molar refractivity (Wildman–Crippen MR) is 85.9 cm³/mol. The number of hydrogen-bond acceptors (Lipinski definition) is 5. The Morgan fingerprint density at radius 3 is 2.71 bits per heavy atom. The van der Waals surface area contributed by atoms with Gasteiger partial charge in [0.1, 0.15) is 6.73 Å². The number of nitrogens with zero attached hydrogens (tertiary/aromatic N) is 2. The van der Waals surface area contributed by atoms with Crippen LogP contribution in [0.15, 0.2) is 35.1 Å². The van der Waals surface area contributed by atoms with E-state index in [4.69, 9.17) is 25.6 Å². The molecule has 0 radical (unpaired) electrons. The highest BCUT2D eigenvalue weighted by atomic mass is 32.5. The van der Waals surface area contributed by atoms with Crippen LogP contribution in [0.2, 0.25) is 0 Å². The van der Waals surface area contributed by atoms with E-state index in [1.54, 1.807) is 0 Å². The van der Waals surface area contributed by atoms with Crippen molar-refractivity contribution < 1.29 is 13.8 Å². The molecule has 0 aliphatic carbocycles. The largest absolute Gasteiger partial charge is 0.464 e. The summed E-state index contributed by atoms with van der Waals surface area (Å²) in [5.74, 6) is 0.639.